The summed E-state index contributed by atoms with van der Waals surface area (Å²) in [5.74, 6) is 0. The number of nitrogens with zero attached hydrogens (tertiary/aromatic N) is 1. The molecule has 1 N–H and O–H groups in total. The Bertz CT molecular complexity index is 717. The fourth-order valence-corrected chi connectivity index (χ4v) is 4.93. The number of hydrogen-bond donors (Lipinski definition) is 1. The molecule has 1 saturated carbocycles. The van der Waals surface area contributed by atoms with Crippen molar-refractivity contribution in [3.8, 4) is 0 Å². The van der Waals surface area contributed by atoms with Crippen molar-refractivity contribution in [2.24, 2.45) is 5.41 Å². The van der Waals surface area contributed by atoms with Gasteiger partial charge in [-0.05, 0) is 57.7 Å². The van der Waals surface area contributed by atoms with Crippen molar-refractivity contribution in [1.29, 1.82) is 0 Å². The lowest BCUT2D eigenvalue weighted by Crippen LogP contribution is -2.59. The van der Waals surface area contributed by atoms with Crippen LogP contribution in [-0.4, -0.2) is 40.9 Å². The second-order valence-electron chi connectivity index (χ2n) is 8.93. The normalized spacial score (nSPS) is 31.2. The van der Waals surface area contributed by atoms with Crippen LogP contribution in [0.15, 0.2) is 18.2 Å². The van der Waals surface area contributed by atoms with Gasteiger partial charge in [0.1, 0.15) is 5.60 Å². The summed E-state index contributed by atoms with van der Waals surface area (Å²) in [7, 11) is 0. The van der Waals surface area contributed by atoms with Gasteiger partial charge in [-0.2, -0.15) is 0 Å². The van der Waals surface area contributed by atoms with E-state index in [1.165, 1.54) is 0 Å². The van der Waals surface area contributed by atoms with Crippen molar-refractivity contribution in [3.05, 3.63) is 33.8 Å². The lowest BCUT2D eigenvalue weighted by atomic mass is 9.58. The smallest absolute Gasteiger partial charge is 0.410 e. The number of rotatable bonds is 2. The first kappa shape index (κ1) is 19.8. The Morgan fingerprint density at radius 3 is 2.62 bits per heavy atom. The number of fused-ring (bicyclic) bond motifs is 2. The molecule has 4 nitrogen and oxygen atoms in total. The Labute approximate surface area is 165 Å². The molecule has 0 aromatic heterocycles. The van der Waals surface area contributed by atoms with Gasteiger partial charge in [-0.3, -0.25) is 0 Å². The van der Waals surface area contributed by atoms with Crippen LogP contribution in [0.2, 0.25) is 10.0 Å². The van der Waals surface area contributed by atoms with Crippen LogP contribution in [0, 0.1) is 5.41 Å². The molecule has 1 aromatic carbocycles. The maximum absolute atomic E-state index is 12.7. The summed E-state index contributed by atoms with van der Waals surface area (Å²) >= 11 is 12.4. The fourth-order valence-electron chi connectivity index (χ4n) is 4.63. The topological polar surface area (TPSA) is 49.8 Å². The van der Waals surface area contributed by atoms with Gasteiger partial charge in [0.25, 0.3) is 0 Å². The van der Waals surface area contributed by atoms with Gasteiger partial charge in [0.05, 0.1) is 16.7 Å². The average Bonchev–Trinajstić information content (AvgIpc) is 2.95. The largest absolute Gasteiger partial charge is 0.444 e. The molecule has 1 aliphatic heterocycles. The van der Waals surface area contributed by atoms with Gasteiger partial charge in [-0.15, -0.1) is 0 Å². The van der Waals surface area contributed by atoms with Crippen LogP contribution in [0.25, 0.3) is 0 Å². The van der Waals surface area contributed by atoms with Crippen LogP contribution in [0.5, 0.6) is 0 Å². The zero-order valence-corrected chi connectivity index (χ0v) is 17.3. The van der Waals surface area contributed by atoms with Crippen LogP contribution < -0.4 is 0 Å². The van der Waals surface area contributed by atoms with Gasteiger partial charge < -0.3 is 14.7 Å². The molecule has 1 heterocycles. The molecule has 6 heteroatoms. The molecule has 26 heavy (non-hydrogen) atoms. The van der Waals surface area contributed by atoms with Gasteiger partial charge in [-0.25, -0.2) is 4.79 Å². The maximum atomic E-state index is 12.7. The Morgan fingerprint density at radius 2 is 2.04 bits per heavy atom. The summed E-state index contributed by atoms with van der Waals surface area (Å²) in [6, 6.07) is 5.86. The first-order chi connectivity index (χ1) is 12.0. The quantitative estimate of drug-likeness (QED) is 0.757. The van der Waals surface area contributed by atoms with Crippen LogP contribution in [-0.2, 0) is 10.2 Å². The molecule has 1 amide bonds. The summed E-state index contributed by atoms with van der Waals surface area (Å²) in [6.45, 7) is 8.11. The number of benzene rings is 1. The van der Waals surface area contributed by atoms with Gasteiger partial charge in [-0.1, -0.05) is 36.2 Å². The van der Waals surface area contributed by atoms with Crippen molar-refractivity contribution >= 4 is 29.3 Å². The summed E-state index contributed by atoms with van der Waals surface area (Å²) < 4.78 is 5.61. The number of amides is 1. The van der Waals surface area contributed by atoms with Gasteiger partial charge in [0.15, 0.2) is 0 Å². The molecule has 1 aromatic rings. The molecule has 0 radical (unpaired) electrons. The Kier molecular flexibility index (Phi) is 5.00. The summed E-state index contributed by atoms with van der Waals surface area (Å²) in [5.41, 5.74) is -0.147. The zero-order valence-electron chi connectivity index (χ0n) is 15.8. The molecule has 2 aliphatic rings. The number of likely N-dealkylation sites (tertiary alicyclic amines) is 1. The first-order valence-electron chi connectivity index (χ1n) is 9.07. The molecule has 0 spiro atoms. The number of piperidine rings is 1. The highest BCUT2D eigenvalue weighted by molar-refractivity contribution is 6.42. The highest BCUT2D eigenvalue weighted by Crippen LogP contribution is 2.58. The molecule has 1 aliphatic carbocycles. The van der Waals surface area contributed by atoms with E-state index in [0.29, 0.717) is 16.6 Å². The number of ether oxygens (including phenoxy) is 1. The number of carbonyl (C=O) groups excluding carboxylic acids is 1. The second-order valence-corrected chi connectivity index (χ2v) is 9.75. The predicted octanol–water partition coefficient (Wildman–Crippen LogP) is 5.03. The highest BCUT2D eigenvalue weighted by atomic mass is 35.5. The van der Waals surface area contributed by atoms with E-state index in [4.69, 9.17) is 27.9 Å². The molecule has 2 fully saturated rings. The fraction of sp³-hybridized carbons (Fsp3) is 0.650. The van der Waals surface area contributed by atoms with Crippen LogP contribution in [0.1, 0.15) is 52.5 Å². The number of aliphatic hydroxyl groups excluding tert-OH is 1. The van der Waals surface area contributed by atoms with Crippen molar-refractivity contribution in [3.63, 3.8) is 0 Å². The van der Waals surface area contributed by atoms with E-state index in [1.54, 1.807) is 0 Å². The van der Waals surface area contributed by atoms with E-state index in [9.17, 15) is 9.90 Å². The van der Waals surface area contributed by atoms with E-state index in [2.05, 4.69) is 6.92 Å². The highest BCUT2D eigenvalue weighted by Gasteiger charge is 2.59. The second kappa shape index (κ2) is 6.57. The third-order valence-electron chi connectivity index (χ3n) is 6.05. The zero-order chi connectivity index (χ0) is 19.3. The molecule has 144 valence electrons. The minimum absolute atomic E-state index is 0.0146. The number of halogens is 2. The molecular weight excluding hydrogens is 373 g/mol. The minimum atomic E-state index is -0.538. The van der Waals surface area contributed by atoms with E-state index in [-0.39, 0.29) is 24.2 Å². The van der Waals surface area contributed by atoms with E-state index in [1.807, 2.05) is 43.9 Å². The molecule has 2 bridgehead atoms. The van der Waals surface area contributed by atoms with Crippen LogP contribution >= 0.6 is 23.2 Å². The molecule has 3 rings (SSSR count). The number of carbonyl (C=O) groups is 1. The lowest BCUT2D eigenvalue weighted by molar-refractivity contribution is -0.0403. The SMILES string of the molecule is CC(C)(C)OC(=O)N1C[C@@](C)(CO)[C@@]2(c3ccc(Cl)c(Cl)c3)CC[C@H]1C2. The molecule has 1 saturated heterocycles. The number of hydrogen-bond acceptors (Lipinski definition) is 3. The van der Waals surface area contributed by atoms with Gasteiger partial charge in [0, 0.05) is 23.4 Å². The van der Waals surface area contributed by atoms with E-state index < -0.39 is 11.0 Å². The maximum Gasteiger partial charge on any atom is 0.410 e. The van der Waals surface area contributed by atoms with Crippen LogP contribution in [0.4, 0.5) is 4.79 Å². The van der Waals surface area contributed by atoms with E-state index in [0.717, 1.165) is 24.8 Å². The first-order valence-corrected chi connectivity index (χ1v) is 9.83. The predicted molar refractivity (Wildman–Crippen MR) is 104 cm³/mol. The van der Waals surface area contributed by atoms with Crippen LogP contribution in [0.3, 0.4) is 0 Å². The van der Waals surface area contributed by atoms with Crippen molar-refractivity contribution in [2.75, 3.05) is 13.2 Å². The summed E-state index contributed by atoms with van der Waals surface area (Å²) in [6.07, 6.45) is 2.27. The standard InChI is InChI=1S/C20H27Cl2NO3/c1-18(2,3)26-17(25)23-11-19(4,12-24)20(8-7-14(23)10-20)13-5-6-15(21)16(22)9-13/h5-6,9,14,24H,7-8,10-12H2,1-4H3/t14-,19-,20-/m0/s1. The average molecular weight is 400 g/mol. The van der Waals surface area contributed by atoms with Gasteiger partial charge >= 0.3 is 6.09 Å². The number of aliphatic hydroxyl groups is 1. The van der Waals surface area contributed by atoms with Crippen molar-refractivity contribution < 1.29 is 14.6 Å². The van der Waals surface area contributed by atoms with Crippen molar-refractivity contribution in [1.82, 2.24) is 4.90 Å². The third-order valence-corrected chi connectivity index (χ3v) is 6.79. The summed E-state index contributed by atoms with van der Waals surface area (Å²) in [5, 5.41) is 11.4. The third kappa shape index (κ3) is 3.21. The lowest BCUT2D eigenvalue weighted by Gasteiger charge is -2.52. The Balaban J connectivity index is 1.96. The molecule has 0 unspecified atom stereocenters. The van der Waals surface area contributed by atoms with Gasteiger partial charge in [0.2, 0.25) is 0 Å². The van der Waals surface area contributed by atoms with E-state index >= 15 is 0 Å². The molecular formula is C20H27Cl2NO3. The molecule has 3 atom stereocenters. The van der Waals surface area contributed by atoms with Crippen molar-refractivity contribution in [2.45, 2.75) is 64.0 Å². The monoisotopic (exact) mass is 399 g/mol. The summed E-state index contributed by atoms with van der Waals surface area (Å²) in [4.78, 5) is 14.5. The minimum Gasteiger partial charge on any atom is -0.444 e. The Hall–Kier alpha value is -0.970. The Morgan fingerprint density at radius 1 is 1.35 bits per heavy atom.